The normalized spacial score (nSPS) is 14.5. The first-order valence-electron chi connectivity index (χ1n) is 6.13. The SMILES string of the molecule is CCC(C)CC(C)NCc1cc(C(N)=O)cs1. The maximum atomic E-state index is 10.9. The summed E-state index contributed by atoms with van der Waals surface area (Å²) < 4.78 is 0. The molecular formula is C13H22N2OS. The van der Waals surface area contributed by atoms with Crippen LogP contribution >= 0.6 is 11.3 Å². The minimum Gasteiger partial charge on any atom is -0.366 e. The summed E-state index contributed by atoms with van der Waals surface area (Å²) in [4.78, 5) is 12.1. The van der Waals surface area contributed by atoms with Crippen molar-refractivity contribution in [3.63, 3.8) is 0 Å². The zero-order valence-corrected chi connectivity index (χ0v) is 11.6. The maximum Gasteiger partial charge on any atom is 0.249 e. The van der Waals surface area contributed by atoms with Crippen LogP contribution in [0.5, 0.6) is 0 Å². The molecule has 0 saturated carbocycles. The van der Waals surface area contributed by atoms with E-state index in [1.807, 2.05) is 11.4 Å². The van der Waals surface area contributed by atoms with Crippen molar-refractivity contribution in [3.8, 4) is 0 Å². The number of hydrogen-bond acceptors (Lipinski definition) is 3. The first-order chi connectivity index (χ1) is 8.02. The van der Waals surface area contributed by atoms with Crippen LogP contribution in [0.2, 0.25) is 0 Å². The van der Waals surface area contributed by atoms with Crippen molar-refractivity contribution in [1.82, 2.24) is 5.32 Å². The van der Waals surface area contributed by atoms with Crippen molar-refractivity contribution in [1.29, 1.82) is 0 Å². The molecule has 3 N–H and O–H groups in total. The molecule has 96 valence electrons. The topological polar surface area (TPSA) is 55.1 Å². The summed E-state index contributed by atoms with van der Waals surface area (Å²) in [5.74, 6) is 0.405. The summed E-state index contributed by atoms with van der Waals surface area (Å²) in [6.07, 6.45) is 2.40. The number of carbonyl (C=O) groups excluding carboxylic acids is 1. The van der Waals surface area contributed by atoms with Gasteiger partial charge in [-0.05, 0) is 25.3 Å². The minimum atomic E-state index is -0.347. The lowest BCUT2D eigenvalue weighted by atomic mass is 10.0. The summed E-state index contributed by atoms with van der Waals surface area (Å²) in [5, 5.41) is 5.29. The summed E-state index contributed by atoms with van der Waals surface area (Å²) in [6.45, 7) is 7.51. The molecular weight excluding hydrogens is 232 g/mol. The molecule has 1 heterocycles. The van der Waals surface area contributed by atoms with Gasteiger partial charge in [0, 0.05) is 22.8 Å². The van der Waals surface area contributed by atoms with Gasteiger partial charge < -0.3 is 11.1 Å². The number of carbonyl (C=O) groups is 1. The highest BCUT2D eigenvalue weighted by Gasteiger charge is 2.08. The fourth-order valence-electron chi connectivity index (χ4n) is 1.73. The molecule has 2 unspecified atom stereocenters. The van der Waals surface area contributed by atoms with Crippen LogP contribution in [0.4, 0.5) is 0 Å². The molecule has 0 aliphatic rings. The second-order valence-electron chi connectivity index (χ2n) is 4.70. The molecule has 0 aromatic carbocycles. The van der Waals surface area contributed by atoms with Gasteiger partial charge >= 0.3 is 0 Å². The monoisotopic (exact) mass is 254 g/mol. The van der Waals surface area contributed by atoms with Crippen molar-refractivity contribution in [3.05, 3.63) is 21.9 Å². The third-order valence-electron chi connectivity index (χ3n) is 3.02. The summed E-state index contributed by atoms with van der Waals surface area (Å²) in [5.41, 5.74) is 5.83. The van der Waals surface area contributed by atoms with Crippen LogP contribution in [-0.2, 0) is 6.54 Å². The van der Waals surface area contributed by atoms with E-state index in [1.54, 1.807) is 11.3 Å². The zero-order valence-electron chi connectivity index (χ0n) is 10.8. The molecule has 1 aromatic rings. The second-order valence-corrected chi connectivity index (χ2v) is 5.69. The second kappa shape index (κ2) is 6.77. The fourth-order valence-corrected chi connectivity index (χ4v) is 2.56. The Morgan fingerprint density at radius 2 is 2.24 bits per heavy atom. The Morgan fingerprint density at radius 1 is 1.53 bits per heavy atom. The van der Waals surface area contributed by atoms with Crippen LogP contribution in [0.1, 0.15) is 48.8 Å². The largest absolute Gasteiger partial charge is 0.366 e. The molecule has 1 amide bonds. The Labute approximate surface area is 107 Å². The van der Waals surface area contributed by atoms with E-state index in [0.29, 0.717) is 11.6 Å². The summed E-state index contributed by atoms with van der Waals surface area (Å²) in [6, 6.07) is 2.37. The van der Waals surface area contributed by atoms with E-state index >= 15 is 0 Å². The lowest BCUT2D eigenvalue weighted by molar-refractivity contribution is 0.100. The van der Waals surface area contributed by atoms with Crippen molar-refractivity contribution < 1.29 is 4.79 Å². The summed E-state index contributed by atoms with van der Waals surface area (Å²) in [7, 11) is 0. The van der Waals surface area contributed by atoms with Gasteiger partial charge in [0.05, 0.1) is 5.56 Å². The first-order valence-corrected chi connectivity index (χ1v) is 7.01. The van der Waals surface area contributed by atoms with Gasteiger partial charge in [0.15, 0.2) is 0 Å². The van der Waals surface area contributed by atoms with E-state index in [0.717, 1.165) is 17.3 Å². The van der Waals surface area contributed by atoms with Crippen LogP contribution in [0.15, 0.2) is 11.4 Å². The van der Waals surface area contributed by atoms with E-state index in [-0.39, 0.29) is 5.91 Å². The van der Waals surface area contributed by atoms with Gasteiger partial charge in [0.2, 0.25) is 5.91 Å². The van der Waals surface area contributed by atoms with Crippen molar-refractivity contribution in [2.24, 2.45) is 11.7 Å². The molecule has 0 bridgehead atoms. The van der Waals surface area contributed by atoms with Gasteiger partial charge in [0.25, 0.3) is 0 Å². The molecule has 1 rings (SSSR count). The molecule has 0 fully saturated rings. The number of hydrogen-bond donors (Lipinski definition) is 2. The highest BCUT2D eigenvalue weighted by Crippen LogP contribution is 2.15. The fraction of sp³-hybridized carbons (Fsp3) is 0.615. The Bertz CT molecular complexity index is 362. The van der Waals surface area contributed by atoms with Crippen LogP contribution < -0.4 is 11.1 Å². The molecule has 0 spiro atoms. The number of nitrogens with two attached hydrogens (primary N) is 1. The number of rotatable bonds is 7. The van der Waals surface area contributed by atoms with Gasteiger partial charge in [-0.25, -0.2) is 0 Å². The van der Waals surface area contributed by atoms with Gasteiger partial charge in [-0.15, -0.1) is 11.3 Å². The average molecular weight is 254 g/mol. The maximum absolute atomic E-state index is 10.9. The zero-order chi connectivity index (χ0) is 12.8. The van der Waals surface area contributed by atoms with Gasteiger partial charge in [0.1, 0.15) is 0 Å². The third kappa shape index (κ3) is 4.88. The van der Waals surface area contributed by atoms with E-state index in [4.69, 9.17) is 5.73 Å². The van der Waals surface area contributed by atoms with Crippen molar-refractivity contribution >= 4 is 17.2 Å². The average Bonchev–Trinajstić information content (AvgIpc) is 2.75. The quantitative estimate of drug-likeness (QED) is 0.786. The molecule has 1 aromatic heterocycles. The van der Waals surface area contributed by atoms with Gasteiger partial charge in [-0.3, -0.25) is 4.79 Å². The molecule has 3 nitrogen and oxygen atoms in total. The number of nitrogens with one attached hydrogen (secondary N) is 1. The number of primary amides is 1. The molecule has 0 aliphatic carbocycles. The molecule has 4 heteroatoms. The predicted molar refractivity (Wildman–Crippen MR) is 73.2 cm³/mol. The Kier molecular flexibility index (Phi) is 5.65. The standard InChI is InChI=1S/C13H22N2OS/c1-4-9(2)5-10(3)15-7-12-6-11(8-17-12)13(14)16/h6,8-10,15H,4-5,7H2,1-3H3,(H2,14,16). The molecule has 0 saturated heterocycles. The number of amides is 1. The highest BCUT2D eigenvalue weighted by atomic mass is 32.1. The Morgan fingerprint density at radius 3 is 2.76 bits per heavy atom. The third-order valence-corrected chi connectivity index (χ3v) is 3.95. The van der Waals surface area contributed by atoms with Crippen molar-refractivity contribution in [2.75, 3.05) is 0 Å². The molecule has 2 atom stereocenters. The van der Waals surface area contributed by atoms with E-state index in [1.165, 1.54) is 12.8 Å². The molecule has 0 radical (unpaired) electrons. The van der Waals surface area contributed by atoms with Gasteiger partial charge in [-0.1, -0.05) is 20.3 Å². The van der Waals surface area contributed by atoms with Crippen LogP contribution in [0.3, 0.4) is 0 Å². The highest BCUT2D eigenvalue weighted by molar-refractivity contribution is 7.10. The van der Waals surface area contributed by atoms with Crippen molar-refractivity contribution in [2.45, 2.75) is 46.2 Å². The van der Waals surface area contributed by atoms with E-state index in [9.17, 15) is 4.79 Å². The predicted octanol–water partition coefficient (Wildman–Crippen LogP) is 2.76. The Balaban J connectivity index is 2.36. The lowest BCUT2D eigenvalue weighted by Gasteiger charge is -2.16. The van der Waals surface area contributed by atoms with E-state index in [2.05, 4.69) is 26.1 Å². The van der Waals surface area contributed by atoms with Crippen LogP contribution in [-0.4, -0.2) is 11.9 Å². The smallest absolute Gasteiger partial charge is 0.249 e. The first kappa shape index (κ1) is 14.2. The van der Waals surface area contributed by atoms with Crippen LogP contribution in [0, 0.1) is 5.92 Å². The molecule has 17 heavy (non-hydrogen) atoms. The summed E-state index contributed by atoms with van der Waals surface area (Å²) >= 11 is 1.58. The molecule has 0 aliphatic heterocycles. The van der Waals surface area contributed by atoms with Crippen LogP contribution in [0.25, 0.3) is 0 Å². The number of thiophene rings is 1. The minimum absolute atomic E-state index is 0.347. The van der Waals surface area contributed by atoms with Gasteiger partial charge in [-0.2, -0.15) is 0 Å². The Hall–Kier alpha value is -0.870. The van der Waals surface area contributed by atoms with E-state index < -0.39 is 0 Å². The lowest BCUT2D eigenvalue weighted by Crippen LogP contribution is -2.26.